The van der Waals surface area contributed by atoms with E-state index in [-0.39, 0.29) is 0 Å². The average Bonchev–Trinajstić information content (AvgIpc) is 3.44. The quantitative estimate of drug-likeness (QED) is 0.289. The number of hydrogen-bond acceptors (Lipinski definition) is 3. The van der Waals surface area contributed by atoms with Gasteiger partial charge in [-0.1, -0.05) is 60.7 Å². The van der Waals surface area contributed by atoms with Gasteiger partial charge in [-0.05, 0) is 42.1 Å². The zero-order chi connectivity index (χ0) is 21.9. The number of furan rings is 1. The van der Waals surface area contributed by atoms with Crippen molar-refractivity contribution in [3.8, 4) is 17.1 Å². The minimum absolute atomic E-state index is 0.848. The molecule has 0 saturated carbocycles. The third kappa shape index (κ3) is 2.58. The van der Waals surface area contributed by atoms with Crippen LogP contribution in [0.3, 0.4) is 0 Å². The summed E-state index contributed by atoms with van der Waals surface area (Å²) in [4.78, 5) is 9.56. The first kappa shape index (κ1) is 18.2. The number of benzene rings is 4. The molecule has 7 aromatic rings. The van der Waals surface area contributed by atoms with E-state index >= 15 is 0 Å². The summed E-state index contributed by atoms with van der Waals surface area (Å²) >= 11 is 0. The van der Waals surface area contributed by atoms with E-state index < -0.39 is 0 Å². The predicted molar refractivity (Wildman–Crippen MR) is 134 cm³/mol. The van der Waals surface area contributed by atoms with Crippen LogP contribution < -0.4 is 0 Å². The number of fused-ring (bicyclic) bond motifs is 6. The van der Waals surface area contributed by atoms with Crippen molar-refractivity contribution in [3.05, 3.63) is 103 Å². The lowest BCUT2D eigenvalue weighted by Gasteiger charge is -2.09. The number of imidazole rings is 1. The first-order valence-electron chi connectivity index (χ1n) is 11.0. The Balaban J connectivity index is 1.62. The number of hydrogen-bond donors (Lipinski definition) is 0. The molecule has 33 heavy (non-hydrogen) atoms. The van der Waals surface area contributed by atoms with Crippen molar-refractivity contribution in [1.29, 1.82) is 0 Å². The molecule has 3 heterocycles. The average molecular weight is 425 g/mol. The van der Waals surface area contributed by atoms with Gasteiger partial charge in [-0.25, -0.2) is 4.98 Å². The Labute approximate surface area is 189 Å². The highest BCUT2D eigenvalue weighted by Crippen LogP contribution is 2.40. The second-order valence-corrected chi connectivity index (χ2v) is 8.38. The summed E-state index contributed by atoms with van der Waals surface area (Å²) in [6, 6.07) is 29.3. The van der Waals surface area contributed by atoms with Gasteiger partial charge in [-0.15, -0.1) is 0 Å². The smallest absolute Gasteiger partial charge is 0.149 e. The van der Waals surface area contributed by atoms with Gasteiger partial charge in [0.1, 0.15) is 17.0 Å². The van der Waals surface area contributed by atoms with E-state index in [2.05, 4.69) is 83.2 Å². The molecule has 0 N–H and O–H groups in total. The fourth-order valence-electron chi connectivity index (χ4n) is 4.84. The molecule has 4 aromatic carbocycles. The van der Waals surface area contributed by atoms with Crippen molar-refractivity contribution in [2.24, 2.45) is 0 Å². The highest BCUT2D eigenvalue weighted by atomic mass is 16.3. The third-order valence-electron chi connectivity index (χ3n) is 6.40. The highest BCUT2D eigenvalue weighted by molar-refractivity contribution is 6.17. The molecule has 4 heteroatoms. The number of para-hydroxylation sites is 2. The van der Waals surface area contributed by atoms with Gasteiger partial charge in [0.25, 0.3) is 0 Å². The lowest BCUT2D eigenvalue weighted by molar-refractivity contribution is 0.673. The van der Waals surface area contributed by atoms with Crippen LogP contribution in [0.1, 0.15) is 5.56 Å². The van der Waals surface area contributed by atoms with Crippen LogP contribution in [0.2, 0.25) is 0 Å². The van der Waals surface area contributed by atoms with Gasteiger partial charge in [-0.2, -0.15) is 0 Å². The molecule has 3 aromatic heterocycles. The van der Waals surface area contributed by atoms with E-state index in [9.17, 15) is 0 Å². The monoisotopic (exact) mass is 425 g/mol. The van der Waals surface area contributed by atoms with Gasteiger partial charge < -0.3 is 4.42 Å². The molecule has 4 nitrogen and oxygen atoms in total. The Morgan fingerprint density at radius 3 is 2.39 bits per heavy atom. The molecule has 0 aliphatic carbocycles. The minimum atomic E-state index is 0.848. The molecule has 0 aliphatic heterocycles. The van der Waals surface area contributed by atoms with E-state index in [1.165, 1.54) is 5.39 Å². The summed E-state index contributed by atoms with van der Waals surface area (Å²) < 4.78 is 8.78. The Hall–Kier alpha value is -4.44. The molecule has 0 amide bonds. The van der Waals surface area contributed by atoms with E-state index in [4.69, 9.17) is 9.40 Å². The second kappa shape index (κ2) is 6.78. The Morgan fingerprint density at radius 1 is 0.697 bits per heavy atom. The first-order chi connectivity index (χ1) is 16.3. The maximum Gasteiger partial charge on any atom is 0.149 e. The maximum atomic E-state index is 6.60. The summed E-state index contributed by atoms with van der Waals surface area (Å²) in [6.45, 7) is 2.05. The van der Waals surface area contributed by atoms with Crippen LogP contribution in [0.15, 0.2) is 102 Å². The van der Waals surface area contributed by atoms with Crippen molar-refractivity contribution in [2.45, 2.75) is 6.92 Å². The van der Waals surface area contributed by atoms with Gasteiger partial charge in [0.05, 0.1) is 22.8 Å². The fourth-order valence-corrected chi connectivity index (χ4v) is 4.84. The molecule has 0 aliphatic rings. The summed E-state index contributed by atoms with van der Waals surface area (Å²) in [5.41, 5.74) is 6.74. The van der Waals surface area contributed by atoms with Crippen molar-refractivity contribution < 1.29 is 4.42 Å². The maximum absolute atomic E-state index is 6.60. The molecule has 156 valence electrons. The predicted octanol–water partition coefficient (Wildman–Crippen LogP) is 7.45. The van der Waals surface area contributed by atoms with Crippen LogP contribution in [0, 0.1) is 6.92 Å². The number of rotatable bonds is 2. The van der Waals surface area contributed by atoms with Crippen molar-refractivity contribution in [3.63, 3.8) is 0 Å². The zero-order valence-corrected chi connectivity index (χ0v) is 18.0. The molecular formula is C29H19N3O. The summed E-state index contributed by atoms with van der Waals surface area (Å²) in [7, 11) is 0. The van der Waals surface area contributed by atoms with Gasteiger partial charge >= 0.3 is 0 Å². The standard InChI is InChI=1S/C29H19N3O/c1-18-16-30-17-25-26(18)31-29(32(25)20-9-3-2-4-10-20)24-13-7-12-22-23-15-14-19-8-5-6-11-21(19)27(23)33-28(22)24/h2-17H,1H3. The normalized spacial score (nSPS) is 11.8. The molecule has 0 unspecified atom stereocenters. The number of aromatic nitrogens is 3. The Kier molecular flexibility index (Phi) is 3.73. The first-order valence-corrected chi connectivity index (χ1v) is 11.0. The molecule has 0 fully saturated rings. The van der Waals surface area contributed by atoms with Crippen LogP contribution in [0.25, 0.3) is 60.8 Å². The number of nitrogens with zero attached hydrogens (tertiary/aromatic N) is 3. The largest absolute Gasteiger partial charge is 0.455 e. The van der Waals surface area contributed by atoms with Gasteiger partial charge in [0, 0.05) is 28.0 Å². The topological polar surface area (TPSA) is 43.9 Å². The SMILES string of the molecule is Cc1cncc2c1nc(-c1cccc3c1oc1c4ccccc4ccc31)n2-c1ccccc1. The molecule has 0 spiro atoms. The minimum Gasteiger partial charge on any atom is -0.455 e. The van der Waals surface area contributed by atoms with Gasteiger partial charge in [-0.3, -0.25) is 9.55 Å². The van der Waals surface area contributed by atoms with Crippen LogP contribution in [0.5, 0.6) is 0 Å². The van der Waals surface area contributed by atoms with Gasteiger partial charge in [0.2, 0.25) is 0 Å². The molecular weight excluding hydrogens is 406 g/mol. The van der Waals surface area contributed by atoms with E-state index in [1.54, 1.807) is 0 Å². The lowest BCUT2D eigenvalue weighted by Crippen LogP contribution is -1.97. The lowest BCUT2D eigenvalue weighted by atomic mass is 10.0. The van der Waals surface area contributed by atoms with Crippen LogP contribution in [-0.2, 0) is 0 Å². The third-order valence-corrected chi connectivity index (χ3v) is 6.40. The molecule has 7 rings (SSSR count). The fraction of sp³-hybridized carbons (Fsp3) is 0.0345. The number of aryl methyl sites for hydroxylation is 1. The van der Waals surface area contributed by atoms with Crippen LogP contribution in [-0.4, -0.2) is 14.5 Å². The molecule has 0 saturated heterocycles. The van der Waals surface area contributed by atoms with Crippen molar-refractivity contribution in [2.75, 3.05) is 0 Å². The second-order valence-electron chi connectivity index (χ2n) is 8.38. The van der Waals surface area contributed by atoms with Crippen molar-refractivity contribution in [1.82, 2.24) is 14.5 Å². The number of pyridine rings is 1. The summed E-state index contributed by atoms with van der Waals surface area (Å²) in [6.07, 6.45) is 3.75. The van der Waals surface area contributed by atoms with Crippen LogP contribution >= 0.6 is 0 Å². The summed E-state index contributed by atoms with van der Waals surface area (Å²) in [5, 5.41) is 4.50. The zero-order valence-electron chi connectivity index (χ0n) is 18.0. The molecule has 0 radical (unpaired) electrons. The van der Waals surface area contributed by atoms with E-state index in [0.717, 1.165) is 61.0 Å². The van der Waals surface area contributed by atoms with E-state index in [0.29, 0.717) is 0 Å². The van der Waals surface area contributed by atoms with Crippen molar-refractivity contribution >= 4 is 43.7 Å². The molecule has 0 atom stereocenters. The highest BCUT2D eigenvalue weighted by Gasteiger charge is 2.21. The summed E-state index contributed by atoms with van der Waals surface area (Å²) in [5.74, 6) is 0.848. The Bertz CT molecular complexity index is 1830. The molecule has 0 bridgehead atoms. The van der Waals surface area contributed by atoms with Crippen LogP contribution in [0.4, 0.5) is 0 Å². The van der Waals surface area contributed by atoms with Gasteiger partial charge in [0.15, 0.2) is 0 Å². The van der Waals surface area contributed by atoms with E-state index in [1.807, 2.05) is 30.6 Å². The Morgan fingerprint density at radius 2 is 1.48 bits per heavy atom.